The van der Waals surface area contributed by atoms with Gasteiger partial charge in [0.2, 0.25) is 0 Å². The van der Waals surface area contributed by atoms with Gasteiger partial charge in [-0.1, -0.05) is 30.3 Å². The average molecular weight is 335 g/mol. The maximum atomic E-state index is 12.2. The van der Waals surface area contributed by atoms with Crippen LogP contribution in [0.5, 0.6) is 0 Å². The lowest BCUT2D eigenvalue weighted by molar-refractivity contribution is -0.0248. The Bertz CT molecular complexity index is 591. The third-order valence-electron chi connectivity index (χ3n) is 3.71. The summed E-state index contributed by atoms with van der Waals surface area (Å²) in [6.45, 7) is 9.32. The van der Waals surface area contributed by atoms with Gasteiger partial charge in [-0.25, -0.2) is 9.59 Å². The number of carbonyl (C=O) groups is 2. The summed E-state index contributed by atoms with van der Waals surface area (Å²) in [5.74, 6) is 0. The summed E-state index contributed by atoms with van der Waals surface area (Å²) in [5.41, 5.74) is -0.402. The lowest BCUT2D eigenvalue weighted by Gasteiger charge is -2.29. The van der Waals surface area contributed by atoms with E-state index in [0.29, 0.717) is 6.54 Å². The highest BCUT2D eigenvalue weighted by Crippen LogP contribution is 2.31. The van der Waals surface area contributed by atoms with Gasteiger partial charge in [0, 0.05) is 6.54 Å². The Labute approximate surface area is 142 Å². The maximum absolute atomic E-state index is 12.2. The molecule has 0 aliphatic carbocycles. The van der Waals surface area contributed by atoms with Gasteiger partial charge in [0.1, 0.15) is 23.9 Å². The van der Waals surface area contributed by atoms with Crippen LogP contribution in [0, 0.1) is 0 Å². The monoisotopic (exact) mass is 335 g/mol. The highest BCUT2D eigenvalue weighted by Gasteiger charge is 2.48. The van der Waals surface area contributed by atoms with Gasteiger partial charge in [-0.15, -0.1) is 0 Å². The summed E-state index contributed by atoms with van der Waals surface area (Å²) in [6.07, 6.45) is -1.17. The molecule has 1 fully saturated rings. The van der Waals surface area contributed by atoms with Crippen LogP contribution in [0.25, 0.3) is 0 Å². The summed E-state index contributed by atoms with van der Waals surface area (Å²) in [4.78, 5) is 25.6. The molecule has 0 unspecified atom stereocenters. The van der Waals surface area contributed by atoms with Crippen molar-refractivity contribution in [2.24, 2.45) is 0 Å². The molecular weight excluding hydrogens is 310 g/mol. The number of hydrogen-bond donors (Lipinski definition) is 0. The number of carbonyl (C=O) groups excluding carboxylic acids is 2. The molecule has 1 aliphatic rings. The largest absolute Gasteiger partial charge is 0.508 e. The van der Waals surface area contributed by atoms with Crippen molar-refractivity contribution >= 4 is 12.2 Å². The molecule has 0 saturated carbocycles. The number of rotatable bonds is 4. The van der Waals surface area contributed by atoms with Gasteiger partial charge < -0.3 is 14.2 Å². The molecule has 24 heavy (non-hydrogen) atoms. The molecule has 0 aromatic heterocycles. The molecule has 1 aliphatic heterocycles. The van der Waals surface area contributed by atoms with E-state index in [9.17, 15) is 9.59 Å². The van der Waals surface area contributed by atoms with Crippen LogP contribution in [-0.4, -0.2) is 41.0 Å². The lowest BCUT2D eigenvalue weighted by atomic mass is 9.99. The minimum Gasteiger partial charge on any atom is -0.441 e. The van der Waals surface area contributed by atoms with E-state index in [1.165, 1.54) is 0 Å². The molecule has 1 aromatic carbocycles. The van der Waals surface area contributed by atoms with Crippen molar-refractivity contribution in [2.75, 3.05) is 6.61 Å². The molecule has 1 heterocycles. The van der Waals surface area contributed by atoms with Gasteiger partial charge in [0.15, 0.2) is 0 Å². The molecule has 132 valence electrons. The minimum absolute atomic E-state index is 0.0144. The predicted octanol–water partition coefficient (Wildman–Crippen LogP) is 3.74. The Kier molecular flexibility index (Phi) is 5.06. The van der Waals surface area contributed by atoms with Crippen LogP contribution in [-0.2, 0) is 20.8 Å². The molecule has 1 saturated heterocycles. The standard InChI is InChI=1S/C18H25NO5/c1-17(2,3)24-16(21)22-12-14-18(4,5)23-15(20)19(14)11-13-9-7-6-8-10-13/h6-10,14H,11-12H2,1-5H3/t14-/m1/s1. The Morgan fingerprint density at radius 1 is 1.25 bits per heavy atom. The van der Waals surface area contributed by atoms with Crippen molar-refractivity contribution in [2.45, 2.75) is 58.4 Å². The number of ether oxygens (including phenoxy) is 3. The molecule has 0 radical (unpaired) electrons. The van der Waals surface area contributed by atoms with E-state index >= 15 is 0 Å². The number of benzene rings is 1. The number of hydrogen-bond acceptors (Lipinski definition) is 5. The summed E-state index contributed by atoms with van der Waals surface area (Å²) in [5, 5.41) is 0. The molecule has 1 atom stereocenters. The highest BCUT2D eigenvalue weighted by atomic mass is 16.7. The van der Waals surface area contributed by atoms with Crippen molar-refractivity contribution in [1.82, 2.24) is 4.90 Å². The first kappa shape index (κ1) is 18.1. The Morgan fingerprint density at radius 2 is 1.88 bits per heavy atom. The van der Waals surface area contributed by atoms with E-state index in [2.05, 4.69) is 0 Å². The summed E-state index contributed by atoms with van der Waals surface area (Å²) in [6, 6.07) is 9.22. The molecular formula is C18H25NO5. The first-order valence-corrected chi connectivity index (χ1v) is 7.98. The van der Waals surface area contributed by atoms with Gasteiger partial charge in [0.05, 0.1) is 0 Å². The second kappa shape index (κ2) is 6.71. The number of amides is 1. The topological polar surface area (TPSA) is 65.1 Å². The van der Waals surface area contributed by atoms with Crippen molar-refractivity contribution < 1.29 is 23.8 Å². The average Bonchev–Trinajstić information content (AvgIpc) is 2.65. The second-order valence-corrected chi connectivity index (χ2v) is 7.38. The van der Waals surface area contributed by atoms with E-state index in [1.807, 2.05) is 30.3 Å². The Morgan fingerprint density at radius 3 is 2.46 bits per heavy atom. The first-order valence-electron chi connectivity index (χ1n) is 7.98. The molecule has 6 heteroatoms. The van der Waals surface area contributed by atoms with Crippen LogP contribution in [0.3, 0.4) is 0 Å². The van der Waals surface area contributed by atoms with Crippen LogP contribution >= 0.6 is 0 Å². The Balaban J connectivity index is 2.05. The van der Waals surface area contributed by atoms with Gasteiger partial charge >= 0.3 is 12.2 Å². The number of nitrogens with zero attached hydrogens (tertiary/aromatic N) is 1. The van der Waals surface area contributed by atoms with Crippen LogP contribution in [0.1, 0.15) is 40.2 Å². The van der Waals surface area contributed by atoms with E-state index in [4.69, 9.17) is 14.2 Å². The van der Waals surface area contributed by atoms with Crippen LogP contribution < -0.4 is 0 Å². The minimum atomic E-state index is -0.756. The smallest absolute Gasteiger partial charge is 0.441 e. The molecule has 0 bridgehead atoms. The molecule has 0 spiro atoms. The van der Waals surface area contributed by atoms with Crippen LogP contribution in [0.2, 0.25) is 0 Å². The zero-order valence-electron chi connectivity index (χ0n) is 14.9. The SMILES string of the molecule is CC(C)(C)OC(=O)OC[C@H]1N(Cc2ccccc2)C(=O)OC1(C)C. The van der Waals surface area contributed by atoms with Crippen molar-refractivity contribution in [3.8, 4) is 0 Å². The summed E-state index contributed by atoms with van der Waals surface area (Å²) in [7, 11) is 0. The van der Waals surface area contributed by atoms with Crippen molar-refractivity contribution in [3.05, 3.63) is 35.9 Å². The summed E-state index contributed by atoms with van der Waals surface area (Å²) < 4.78 is 15.8. The fourth-order valence-corrected chi connectivity index (χ4v) is 2.53. The van der Waals surface area contributed by atoms with Crippen LogP contribution in [0.4, 0.5) is 9.59 Å². The third kappa shape index (κ3) is 4.63. The van der Waals surface area contributed by atoms with Gasteiger partial charge in [-0.2, -0.15) is 0 Å². The lowest BCUT2D eigenvalue weighted by Crippen LogP contribution is -2.45. The molecule has 1 aromatic rings. The zero-order chi connectivity index (χ0) is 18.0. The van der Waals surface area contributed by atoms with E-state index in [0.717, 1.165) is 5.56 Å². The van der Waals surface area contributed by atoms with E-state index in [-0.39, 0.29) is 6.61 Å². The van der Waals surface area contributed by atoms with Crippen molar-refractivity contribution in [1.29, 1.82) is 0 Å². The quantitative estimate of drug-likeness (QED) is 0.784. The fraction of sp³-hybridized carbons (Fsp3) is 0.556. The second-order valence-electron chi connectivity index (χ2n) is 7.38. The molecule has 6 nitrogen and oxygen atoms in total. The molecule has 1 amide bonds. The first-order chi connectivity index (χ1) is 11.1. The van der Waals surface area contributed by atoms with Crippen LogP contribution in [0.15, 0.2) is 30.3 Å². The van der Waals surface area contributed by atoms with Gasteiger partial charge in [0.25, 0.3) is 0 Å². The van der Waals surface area contributed by atoms with Crippen molar-refractivity contribution in [3.63, 3.8) is 0 Å². The zero-order valence-corrected chi connectivity index (χ0v) is 14.9. The van der Waals surface area contributed by atoms with Gasteiger partial charge in [-0.05, 0) is 40.2 Å². The maximum Gasteiger partial charge on any atom is 0.508 e. The fourth-order valence-electron chi connectivity index (χ4n) is 2.53. The normalized spacial score (nSPS) is 19.8. The Hall–Kier alpha value is -2.24. The number of cyclic esters (lactones) is 1. The predicted molar refractivity (Wildman–Crippen MR) is 88.5 cm³/mol. The van der Waals surface area contributed by atoms with Gasteiger partial charge in [-0.3, -0.25) is 4.90 Å². The summed E-state index contributed by atoms with van der Waals surface area (Å²) >= 11 is 0. The molecule has 0 N–H and O–H groups in total. The van der Waals surface area contributed by atoms with E-state index < -0.39 is 29.5 Å². The van der Waals surface area contributed by atoms with E-state index in [1.54, 1.807) is 39.5 Å². The molecule has 2 rings (SSSR count). The third-order valence-corrected chi connectivity index (χ3v) is 3.71. The highest BCUT2D eigenvalue weighted by molar-refractivity contribution is 5.71.